The van der Waals surface area contributed by atoms with Gasteiger partial charge >= 0.3 is 0 Å². The van der Waals surface area contributed by atoms with Crippen LogP contribution in [0, 0.1) is 0 Å². The van der Waals surface area contributed by atoms with Crippen LogP contribution in [0.15, 0.2) is 26.9 Å². The Balaban J connectivity index is 2.36. The van der Waals surface area contributed by atoms with Gasteiger partial charge in [-0.3, -0.25) is 0 Å². The number of hydrogen-bond donors (Lipinski definition) is 1. The van der Waals surface area contributed by atoms with E-state index in [1.807, 2.05) is 12.2 Å². The van der Waals surface area contributed by atoms with Crippen LogP contribution in [-0.4, -0.2) is 25.8 Å². The molecular weight excluding hydrogens is 324 g/mol. The summed E-state index contributed by atoms with van der Waals surface area (Å²) in [6, 6.07) is 1.66. The molecule has 17 heavy (non-hydrogen) atoms. The number of nitrogens with two attached hydrogens (primary N) is 1. The number of halogens is 1. The van der Waals surface area contributed by atoms with Crippen LogP contribution in [0.4, 0.5) is 0 Å². The molecule has 0 aliphatic carbocycles. The molecule has 2 heterocycles. The van der Waals surface area contributed by atoms with Crippen molar-refractivity contribution in [3.8, 4) is 0 Å². The molecule has 0 radical (unpaired) electrons. The minimum atomic E-state index is -3.39. The minimum absolute atomic E-state index is 0.332. The molecule has 7 heteroatoms. The molecule has 0 aromatic carbocycles. The fourth-order valence-corrected chi connectivity index (χ4v) is 5.57. The van der Waals surface area contributed by atoms with Gasteiger partial charge in [0.15, 0.2) is 0 Å². The van der Waals surface area contributed by atoms with Crippen molar-refractivity contribution in [1.29, 1.82) is 0 Å². The molecule has 0 saturated heterocycles. The molecule has 0 fully saturated rings. The highest BCUT2D eigenvalue weighted by Gasteiger charge is 2.28. The van der Waals surface area contributed by atoms with Gasteiger partial charge in [-0.05, 0) is 28.4 Å². The first kappa shape index (κ1) is 13.2. The van der Waals surface area contributed by atoms with E-state index in [-0.39, 0.29) is 0 Å². The largest absolute Gasteiger partial charge is 0.326 e. The molecule has 94 valence electrons. The lowest BCUT2D eigenvalue weighted by molar-refractivity contribution is 0.437. The van der Waals surface area contributed by atoms with E-state index in [1.165, 1.54) is 15.6 Å². The van der Waals surface area contributed by atoms with Gasteiger partial charge in [-0.15, -0.1) is 11.3 Å². The number of sulfonamides is 1. The van der Waals surface area contributed by atoms with Gasteiger partial charge < -0.3 is 5.73 Å². The molecule has 0 amide bonds. The lowest BCUT2D eigenvalue weighted by Gasteiger charge is -2.22. The highest BCUT2D eigenvalue weighted by Crippen LogP contribution is 2.33. The molecule has 0 atom stereocenters. The first-order valence-electron chi connectivity index (χ1n) is 5.19. The van der Waals surface area contributed by atoms with Gasteiger partial charge in [-0.2, -0.15) is 4.31 Å². The van der Waals surface area contributed by atoms with E-state index in [0.717, 1.165) is 11.3 Å². The van der Waals surface area contributed by atoms with Crippen LogP contribution in [0.3, 0.4) is 0 Å². The summed E-state index contributed by atoms with van der Waals surface area (Å²) in [5, 5.41) is 0. The topological polar surface area (TPSA) is 63.4 Å². The second-order valence-electron chi connectivity index (χ2n) is 3.68. The maximum Gasteiger partial charge on any atom is 0.245 e. The summed E-state index contributed by atoms with van der Waals surface area (Å²) in [4.78, 5) is 1.20. The van der Waals surface area contributed by atoms with Gasteiger partial charge in [0.25, 0.3) is 0 Å². The summed E-state index contributed by atoms with van der Waals surface area (Å²) in [7, 11) is -3.39. The molecule has 1 aromatic heterocycles. The first-order valence-corrected chi connectivity index (χ1v) is 8.24. The highest BCUT2D eigenvalue weighted by atomic mass is 79.9. The highest BCUT2D eigenvalue weighted by molar-refractivity contribution is 9.11. The van der Waals surface area contributed by atoms with Crippen LogP contribution in [0.1, 0.15) is 11.3 Å². The normalized spacial score (nSPS) is 17.5. The third-order valence-corrected chi connectivity index (χ3v) is 6.69. The Morgan fingerprint density at radius 3 is 2.76 bits per heavy atom. The van der Waals surface area contributed by atoms with Crippen molar-refractivity contribution < 1.29 is 8.42 Å². The van der Waals surface area contributed by atoms with Crippen molar-refractivity contribution in [1.82, 2.24) is 4.31 Å². The lowest BCUT2D eigenvalue weighted by Crippen LogP contribution is -2.33. The first-order chi connectivity index (χ1) is 8.05. The molecule has 0 bridgehead atoms. The SMILES string of the molecule is NCc1cc(S(=O)(=O)N2CC=CCC2)c(Br)s1. The summed E-state index contributed by atoms with van der Waals surface area (Å²) in [6.45, 7) is 1.35. The van der Waals surface area contributed by atoms with Gasteiger partial charge in [0.1, 0.15) is 4.90 Å². The van der Waals surface area contributed by atoms with Crippen molar-refractivity contribution in [2.45, 2.75) is 17.9 Å². The van der Waals surface area contributed by atoms with Crippen molar-refractivity contribution in [3.05, 3.63) is 26.9 Å². The Labute approximate surface area is 113 Å². The fourth-order valence-electron chi connectivity index (χ4n) is 1.65. The van der Waals surface area contributed by atoms with E-state index in [0.29, 0.717) is 28.3 Å². The maximum atomic E-state index is 12.4. The summed E-state index contributed by atoms with van der Waals surface area (Å²) in [5.41, 5.74) is 5.52. The average Bonchev–Trinajstić information content (AvgIpc) is 2.72. The monoisotopic (exact) mass is 336 g/mol. The standard InChI is InChI=1S/C10H13BrN2O2S2/c11-10-9(6-8(7-12)16-10)17(14,15)13-4-2-1-3-5-13/h1-2,6H,3-5,7,12H2. The molecule has 0 saturated carbocycles. The molecule has 0 spiro atoms. The van der Waals surface area contributed by atoms with Gasteiger partial charge in [0, 0.05) is 24.5 Å². The van der Waals surface area contributed by atoms with Crippen LogP contribution in [-0.2, 0) is 16.6 Å². The predicted molar refractivity (Wildman–Crippen MR) is 72.4 cm³/mol. The summed E-state index contributed by atoms with van der Waals surface area (Å²) < 4.78 is 26.8. The van der Waals surface area contributed by atoms with E-state index in [9.17, 15) is 8.42 Å². The zero-order chi connectivity index (χ0) is 12.5. The minimum Gasteiger partial charge on any atom is -0.326 e. The van der Waals surface area contributed by atoms with Gasteiger partial charge in [0.05, 0.1) is 3.79 Å². The van der Waals surface area contributed by atoms with Crippen LogP contribution in [0.2, 0.25) is 0 Å². The lowest BCUT2D eigenvalue weighted by atomic mass is 10.3. The number of thiophene rings is 1. The molecule has 1 aliphatic rings. The van der Waals surface area contributed by atoms with Crippen LogP contribution >= 0.6 is 27.3 Å². The van der Waals surface area contributed by atoms with Gasteiger partial charge in [-0.25, -0.2) is 8.42 Å². The zero-order valence-electron chi connectivity index (χ0n) is 9.10. The van der Waals surface area contributed by atoms with E-state index >= 15 is 0 Å². The number of rotatable bonds is 3. The predicted octanol–water partition coefficient (Wildman–Crippen LogP) is 1.92. The van der Waals surface area contributed by atoms with E-state index in [4.69, 9.17) is 5.73 Å². The average molecular weight is 337 g/mol. The fraction of sp³-hybridized carbons (Fsp3) is 0.400. The van der Waals surface area contributed by atoms with Crippen LogP contribution in [0.5, 0.6) is 0 Å². The van der Waals surface area contributed by atoms with E-state index in [2.05, 4.69) is 15.9 Å². The molecular formula is C10H13BrN2O2S2. The van der Waals surface area contributed by atoms with E-state index < -0.39 is 10.0 Å². The second kappa shape index (κ2) is 5.19. The van der Waals surface area contributed by atoms with Crippen molar-refractivity contribution in [2.24, 2.45) is 5.73 Å². The molecule has 2 N–H and O–H groups in total. The van der Waals surface area contributed by atoms with Crippen LogP contribution < -0.4 is 5.73 Å². The van der Waals surface area contributed by atoms with E-state index in [1.54, 1.807) is 6.07 Å². The van der Waals surface area contributed by atoms with Crippen molar-refractivity contribution in [3.63, 3.8) is 0 Å². The smallest absolute Gasteiger partial charge is 0.245 e. The van der Waals surface area contributed by atoms with Crippen molar-refractivity contribution >= 4 is 37.3 Å². The third kappa shape index (κ3) is 2.63. The van der Waals surface area contributed by atoms with Crippen LogP contribution in [0.25, 0.3) is 0 Å². The Morgan fingerprint density at radius 2 is 2.24 bits per heavy atom. The summed E-state index contributed by atoms with van der Waals surface area (Å²) in [6.07, 6.45) is 4.65. The van der Waals surface area contributed by atoms with Crippen molar-refractivity contribution in [2.75, 3.05) is 13.1 Å². The quantitative estimate of drug-likeness (QED) is 0.857. The number of hydrogen-bond acceptors (Lipinski definition) is 4. The molecule has 0 unspecified atom stereocenters. The number of nitrogens with zero attached hydrogens (tertiary/aromatic N) is 1. The molecule has 2 rings (SSSR count). The molecule has 1 aromatic rings. The third-order valence-electron chi connectivity index (χ3n) is 2.55. The Kier molecular flexibility index (Phi) is 4.04. The summed E-state index contributed by atoms with van der Waals surface area (Å²) >= 11 is 4.67. The van der Waals surface area contributed by atoms with Gasteiger partial charge in [-0.1, -0.05) is 12.2 Å². The molecule has 1 aliphatic heterocycles. The summed E-state index contributed by atoms with van der Waals surface area (Å²) in [5.74, 6) is 0. The maximum absolute atomic E-state index is 12.4. The second-order valence-corrected chi connectivity index (χ2v) is 8.04. The van der Waals surface area contributed by atoms with Gasteiger partial charge in [0.2, 0.25) is 10.0 Å². The molecule has 4 nitrogen and oxygen atoms in total. The Hall–Kier alpha value is -0.210. The Bertz CT molecular complexity index is 537. The zero-order valence-corrected chi connectivity index (χ0v) is 12.3. The Morgan fingerprint density at radius 1 is 1.47 bits per heavy atom.